The van der Waals surface area contributed by atoms with Gasteiger partial charge < -0.3 is 0 Å². The first-order valence-corrected chi connectivity index (χ1v) is 15.4. The van der Waals surface area contributed by atoms with Crippen molar-refractivity contribution in [3.8, 4) is 33.4 Å². The highest BCUT2D eigenvalue weighted by Gasteiger charge is 2.17. The summed E-state index contributed by atoms with van der Waals surface area (Å²) in [5.41, 5.74) is 7.44. The molecular weight excluding hydrogens is 539 g/mol. The maximum absolute atomic E-state index is 4.87. The molecule has 43 heavy (non-hydrogen) atoms. The van der Waals surface area contributed by atoms with Gasteiger partial charge in [0.25, 0.3) is 0 Å². The average molecular weight is 564 g/mol. The van der Waals surface area contributed by atoms with Crippen LogP contribution in [0.4, 0.5) is 0 Å². The number of benzene rings is 7. The molecule has 2 heterocycles. The van der Waals surface area contributed by atoms with Crippen molar-refractivity contribution in [2.75, 3.05) is 0 Å². The number of aromatic nitrogens is 1. The number of pyridine rings is 1. The molecule has 0 aliphatic carbocycles. The van der Waals surface area contributed by atoms with Gasteiger partial charge in [-0.15, -0.1) is 11.3 Å². The molecule has 0 fully saturated rings. The molecule has 7 aromatic carbocycles. The Hall–Kier alpha value is -5.31. The van der Waals surface area contributed by atoms with E-state index in [1.807, 2.05) is 6.20 Å². The molecule has 0 bridgehead atoms. The first-order chi connectivity index (χ1) is 21.3. The average Bonchev–Trinajstić information content (AvgIpc) is 3.46. The van der Waals surface area contributed by atoms with Gasteiger partial charge in [0.05, 0.1) is 0 Å². The van der Waals surface area contributed by atoms with Gasteiger partial charge in [-0.2, -0.15) is 0 Å². The Morgan fingerprint density at radius 2 is 0.953 bits per heavy atom. The van der Waals surface area contributed by atoms with Crippen molar-refractivity contribution in [2.45, 2.75) is 0 Å². The molecule has 0 saturated carbocycles. The summed E-state index contributed by atoms with van der Waals surface area (Å²) in [6.07, 6.45) is 2.03. The molecule has 0 spiro atoms. The fourth-order valence-corrected chi connectivity index (χ4v) is 7.86. The van der Waals surface area contributed by atoms with E-state index in [9.17, 15) is 0 Å². The normalized spacial score (nSPS) is 11.7. The highest BCUT2D eigenvalue weighted by Crippen LogP contribution is 2.44. The highest BCUT2D eigenvalue weighted by molar-refractivity contribution is 7.25. The van der Waals surface area contributed by atoms with E-state index in [0.29, 0.717) is 0 Å². The second kappa shape index (κ2) is 9.62. The largest absolute Gasteiger partial charge is 0.245 e. The number of fused-ring (bicyclic) bond motifs is 7. The minimum Gasteiger partial charge on any atom is -0.245 e. The summed E-state index contributed by atoms with van der Waals surface area (Å²) in [4.78, 5) is 5.96. The summed E-state index contributed by atoms with van der Waals surface area (Å²) in [6.45, 7) is 0. The minimum absolute atomic E-state index is 1.10. The fraction of sp³-hybridized carbons (Fsp3) is 0. The predicted octanol–water partition coefficient (Wildman–Crippen LogP) is 11.9. The summed E-state index contributed by atoms with van der Waals surface area (Å²) in [5.74, 6) is 0. The molecule has 0 N–H and O–H groups in total. The quantitative estimate of drug-likeness (QED) is 0.195. The van der Waals surface area contributed by atoms with Crippen LogP contribution in [0.15, 0.2) is 152 Å². The van der Waals surface area contributed by atoms with E-state index in [1.54, 1.807) is 11.3 Å². The molecule has 0 aliphatic heterocycles. The predicted molar refractivity (Wildman–Crippen MR) is 186 cm³/mol. The van der Waals surface area contributed by atoms with Crippen LogP contribution in [-0.4, -0.2) is 4.98 Å². The van der Waals surface area contributed by atoms with Gasteiger partial charge in [-0.05, 0) is 78.5 Å². The van der Waals surface area contributed by atoms with Crippen LogP contribution in [0.2, 0.25) is 0 Å². The third-order valence-electron chi connectivity index (χ3n) is 8.70. The minimum atomic E-state index is 1.10. The van der Waals surface area contributed by atoms with Crippen LogP contribution in [0.5, 0.6) is 0 Å². The molecule has 0 saturated heterocycles. The maximum atomic E-state index is 4.87. The zero-order valence-electron chi connectivity index (χ0n) is 23.3. The van der Waals surface area contributed by atoms with Crippen molar-refractivity contribution in [1.29, 1.82) is 0 Å². The molecule has 0 amide bonds. The third kappa shape index (κ3) is 3.81. The third-order valence-corrected chi connectivity index (χ3v) is 9.78. The van der Waals surface area contributed by atoms with Crippen LogP contribution < -0.4 is 0 Å². The van der Waals surface area contributed by atoms with Gasteiger partial charge in [-0.1, -0.05) is 127 Å². The smallest absolute Gasteiger partial charge is 0.125 e. The molecule has 9 rings (SSSR count). The maximum Gasteiger partial charge on any atom is 0.125 e. The van der Waals surface area contributed by atoms with Gasteiger partial charge >= 0.3 is 0 Å². The Morgan fingerprint density at radius 1 is 0.395 bits per heavy atom. The van der Waals surface area contributed by atoms with Crippen LogP contribution in [0.3, 0.4) is 0 Å². The SMILES string of the molecule is c1ccc(-c2c3ccccc3c(-c3cccc(-c4ccc5c(cnc6sc7ccccc7c65)c4)c3)c3ccccc23)cc1. The molecule has 2 aromatic heterocycles. The van der Waals surface area contributed by atoms with E-state index < -0.39 is 0 Å². The van der Waals surface area contributed by atoms with Crippen LogP contribution in [-0.2, 0) is 0 Å². The molecular formula is C41H25NS. The number of rotatable bonds is 3. The number of thiophene rings is 1. The molecule has 1 nitrogen and oxygen atoms in total. The van der Waals surface area contributed by atoms with Crippen LogP contribution in [0, 0.1) is 0 Å². The van der Waals surface area contributed by atoms with Crippen molar-refractivity contribution in [3.05, 3.63) is 152 Å². The fourth-order valence-electron chi connectivity index (χ4n) is 6.80. The Kier molecular flexibility index (Phi) is 5.44. The van der Waals surface area contributed by atoms with Crippen molar-refractivity contribution in [2.24, 2.45) is 0 Å². The molecule has 0 aliphatic rings. The Balaban J connectivity index is 1.26. The monoisotopic (exact) mass is 563 g/mol. The van der Waals surface area contributed by atoms with E-state index in [4.69, 9.17) is 4.98 Å². The van der Waals surface area contributed by atoms with E-state index >= 15 is 0 Å². The summed E-state index contributed by atoms with van der Waals surface area (Å²) in [6, 6.07) is 52.9. The topological polar surface area (TPSA) is 12.9 Å². The van der Waals surface area contributed by atoms with E-state index in [2.05, 4.69) is 146 Å². The zero-order chi connectivity index (χ0) is 28.3. The van der Waals surface area contributed by atoms with E-state index in [1.165, 1.54) is 81.2 Å². The van der Waals surface area contributed by atoms with Crippen molar-refractivity contribution < 1.29 is 0 Å². The van der Waals surface area contributed by atoms with Gasteiger partial charge in [0.15, 0.2) is 0 Å². The lowest BCUT2D eigenvalue weighted by atomic mass is 9.85. The molecule has 200 valence electrons. The summed E-state index contributed by atoms with van der Waals surface area (Å²) >= 11 is 1.77. The number of hydrogen-bond donors (Lipinski definition) is 0. The Labute approximate surface area is 253 Å². The number of hydrogen-bond acceptors (Lipinski definition) is 2. The van der Waals surface area contributed by atoms with E-state index in [-0.39, 0.29) is 0 Å². The van der Waals surface area contributed by atoms with Crippen LogP contribution in [0.1, 0.15) is 0 Å². The van der Waals surface area contributed by atoms with E-state index in [0.717, 1.165) is 4.83 Å². The summed E-state index contributed by atoms with van der Waals surface area (Å²) < 4.78 is 1.28. The van der Waals surface area contributed by atoms with Crippen molar-refractivity contribution >= 4 is 64.0 Å². The lowest BCUT2D eigenvalue weighted by Gasteiger charge is -2.18. The Morgan fingerprint density at radius 3 is 1.67 bits per heavy atom. The lowest BCUT2D eigenvalue weighted by Crippen LogP contribution is -1.91. The first-order valence-electron chi connectivity index (χ1n) is 14.6. The van der Waals surface area contributed by atoms with Crippen LogP contribution in [0.25, 0.3) is 86.0 Å². The van der Waals surface area contributed by atoms with Crippen molar-refractivity contribution in [1.82, 2.24) is 4.98 Å². The van der Waals surface area contributed by atoms with Gasteiger partial charge in [-0.3, -0.25) is 0 Å². The van der Waals surface area contributed by atoms with Crippen molar-refractivity contribution in [3.63, 3.8) is 0 Å². The molecule has 0 atom stereocenters. The molecule has 0 unspecified atom stereocenters. The molecule has 9 aromatic rings. The van der Waals surface area contributed by atoms with Gasteiger partial charge in [0, 0.05) is 27.1 Å². The standard InChI is InChI=1S/C41H25NS/c1-2-11-26(12-3-1)38-32-15-4-6-17-34(32)39(35-18-7-5-16-33(35)38)29-14-10-13-27(23-29)28-21-22-31-30(24-28)25-42-41-40(31)36-19-8-9-20-37(36)43-41/h1-25H. The summed E-state index contributed by atoms with van der Waals surface area (Å²) in [5, 5.41) is 10.1. The van der Waals surface area contributed by atoms with Gasteiger partial charge in [0.1, 0.15) is 4.83 Å². The second-order valence-electron chi connectivity index (χ2n) is 11.1. The van der Waals surface area contributed by atoms with Gasteiger partial charge in [0.2, 0.25) is 0 Å². The van der Waals surface area contributed by atoms with Gasteiger partial charge in [-0.25, -0.2) is 4.98 Å². The number of nitrogens with zero attached hydrogens (tertiary/aromatic N) is 1. The second-order valence-corrected chi connectivity index (χ2v) is 12.2. The van der Waals surface area contributed by atoms with Crippen LogP contribution >= 0.6 is 11.3 Å². The lowest BCUT2D eigenvalue weighted by molar-refractivity contribution is 1.48. The molecule has 2 heteroatoms. The highest BCUT2D eigenvalue weighted by atomic mass is 32.1. The summed E-state index contributed by atoms with van der Waals surface area (Å²) in [7, 11) is 0. The zero-order valence-corrected chi connectivity index (χ0v) is 24.1. The first kappa shape index (κ1) is 24.3. The molecule has 0 radical (unpaired) electrons. The Bertz CT molecular complexity index is 2450.